The molecule has 3 rings (SSSR count). The number of ether oxygens (including phenoxy) is 1. The number of carboxylic acids is 1. The van der Waals surface area contributed by atoms with Gasteiger partial charge in [0.05, 0.1) is 32.3 Å². The Kier molecular flexibility index (Phi) is 7.14. The second-order valence-electron chi connectivity index (χ2n) is 6.74. The first kappa shape index (κ1) is 20.7. The molecule has 0 aliphatic carbocycles. The van der Waals surface area contributed by atoms with Crippen LogP contribution in [-0.2, 0) is 9.53 Å². The van der Waals surface area contributed by atoms with Gasteiger partial charge in [-0.3, -0.25) is 4.79 Å². The van der Waals surface area contributed by atoms with Crippen molar-refractivity contribution >= 4 is 23.8 Å². The van der Waals surface area contributed by atoms with Crippen molar-refractivity contribution < 1.29 is 19.7 Å². The SMILES string of the molecule is Cc1ccc([C@H](CC(=O)O)Nc2nc(NCCO)nc(N3CCOCC3)n2)cc1. The number of aliphatic hydroxyl groups is 1. The Balaban J connectivity index is 1.88. The van der Waals surface area contributed by atoms with Gasteiger partial charge >= 0.3 is 5.97 Å². The van der Waals surface area contributed by atoms with Gasteiger partial charge in [-0.1, -0.05) is 29.8 Å². The Morgan fingerprint density at radius 2 is 1.86 bits per heavy atom. The molecule has 1 aromatic carbocycles. The molecule has 1 aliphatic rings. The topological polar surface area (TPSA) is 133 Å². The number of benzene rings is 1. The lowest BCUT2D eigenvalue weighted by Gasteiger charge is -2.27. The van der Waals surface area contributed by atoms with E-state index in [-0.39, 0.29) is 19.0 Å². The fraction of sp³-hybridized carbons (Fsp3) is 0.474. The summed E-state index contributed by atoms with van der Waals surface area (Å²) in [7, 11) is 0. The molecule has 0 spiro atoms. The molecule has 0 saturated carbocycles. The van der Waals surface area contributed by atoms with E-state index in [4.69, 9.17) is 9.84 Å². The first-order valence-corrected chi connectivity index (χ1v) is 9.53. The van der Waals surface area contributed by atoms with Gasteiger partial charge in [-0.05, 0) is 12.5 Å². The minimum Gasteiger partial charge on any atom is -0.481 e. The van der Waals surface area contributed by atoms with Crippen molar-refractivity contribution in [3.05, 3.63) is 35.4 Å². The molecule has 10 heteroatoms. The lowest BCUT2D eigenvalue weighted by molar-refractivity contribution is -0.137. The molecular formula is C19H26N6O4. The molecule has 156 valence electrons. The van der Waals surface area contributed by atoms with Crippen LogP contribution < -0.4 is 15.5 Å². The van der Waals surface area contributed by atoms with Crippen molar-refractivity contribution in [2.45, 2.75) is 19.4 Å². The number of morpholine rings is 1. The third kappa shape index (κ3) is 6.00. The van der Waals surface area contributed by atoms with Crippen LogP contribution in [0, 0.1) is 6.92 Å². The van der Waals surface area contributed by atoms with Gasteiger partial charge in [-0.15, -0.1) is 0 Å². The van der Waals surface area contributed by atoms with Crippen molar-refractivity contribution in [2.24, 2.45) is 0 Å². The number of aryl methyl sites for hydroxylation is 1. The fourth-order valence-electron chi connectivity index (χ4n) is 2.96. The maximum Gasteiger partial charge on any atom is 0.305 e. The standard InChI is InChI=1S/C19H26N6O4/c1-13-2-4-14(5-3-13)15(12-16(27)28)21-18-22-17(20-6-9-26)23-19(24-18)25-7-10-29-11-8-25/h2-5,15,26H,6-12H2,1H3,(H,27,28)(H2,20,21,22,23,24)/t15-/m0/s1. The summed E-state index contributed by atoms with van der Waals surface area (Å²) < 4.78 is 5.38. The monoisotopic (exact) mass is 402 g/mol. The van der Waals surface area contributed by atoms with Crippen LogP contribution in [0.4, 0.5) is 17.8 Å². The Hall–Kier alpha value is -2.98. The number of carbonyl (C=O) groups is 1. The first-order chi connectivity index (χ1) is 14.0. The third-order valence-corrected chi connectivity index (χ3v) is 4.47. The van der Waals surface area contributed by atoms with E-state index >= 15 is 0 Å². The van der Waals surface area contributed by atoms with Gasteiger partial charge < -0.3 is 30.5 Å². The number of aromatic nitrogens is 3. The van der Waals surface area contributed by atoms with E-state index < -0.39 is 12.0 Å². The third-order valence-electron chi connectivity index (χ3n) is 4.47. The van der Waals surface area contributed by atoms with E-state index in [1.54, 1.807) is 0 Å². The number of aliphatic hydroxyl groups excluding tert-OH is 1. The number of hydrogen-bond acceptors (Lipinski definition) is 9. The number of aliphatic carboxylic acids is 1. The zero-order valence-corrected chi connectivity index (χ0v) is 16.3. The maximum absolute atomic E-state index is 11.4. The van der Waals surface area contributed by atoms with E-state index in [2.05, 4.69) is 25.6 Å². The molecule has 0 unspecified atom stereocenters. The summed E-state index contributed by atoms with van der Waals surface area (Å²) in [5, 5.41) is 24.5. The molecule has 4 N–H and O–H groups in total. The number of hydrogen-bond donors (Lipinski definition) is 4. The van der Waals surface area contributed by atoms with Crippen LogP contribution in [-0.4, -0.2) is 70.6 Å². The van der Waals surface area contributed by atoms with E-state index in [1.165, 1.54) is 0 Å². The highest BCUT2D eigenvalue weighted by Crippen LogP contribution is 2.23. The van der Waals surface area contributed by atoms with Crippen LogP contribution in [0.2, 0.25) is 0 Å². The lowest BCUT2D eigenvalue weighted by atomic mass is 10.0. The highest BCUT2D eigenvalue weighted by atomic mass is 16.5. The predicted octanol–water partition coefficient (Wildman–Crippen LogP) is 1.05. The summed E-state index contributed by atoms with van der Waals surface area (Å²) in [6, 6.07) is 7.16. The van der Waals surface area contributed by atoms with Gasteiger partial charge in [0.15, 0.2) is 0 Å². The van der Waals surface area contributed by atoms with Gasteiger partial charge in [-0.2, -0.15) is 15.0 Å². The number of anilines is 3. The first-order valence-electron chi connectivity index (χ1n) is 9.53. The van der Waals surface area contributed by atoms with Crippen LogP contribution in [0.1, 0.15) is 23.6 Å². The number of nitrogens with one attached hydrogen (secondary N) is 2. The van der Waals surface area contributed by atoms with Crippen molar-refractivity contribution in [3.63, 3.8) is 0 Å². The largest absolute Gasteiger partial charge is 0.481 e. The highest BCUT2D eigenvalue weighted by molar-refractivity contribution is 5.68. The van der Waals surface area contributed by atoms with Crippen LogP contribution in [0.25, 0.3) is 0 Å². The normalized spacial score (nSPS) is 15.0. The molecule has 2 heterocycles. The minimum absolute atomic E-state index is 0.0632. The summed E-state index contributed by atoms with van der Waals surface area (Å²) in [6.45, 7) is 4.68. The van der Waals surface area contributed by atoms with E-state index in [0.29, 0.717) is 44.7 Å². The van der Waals surface area contributed by atoms with Crippen molar-refractivity contribution in [1.82, 2.24) is 15.0 Å². The van der Waals surface area contributed by atoms with Gasteiger partial charge in [0.2, 0.25) is 17.8 Å². The predicted molar refractivity (Wildman–Crippen MR) is 108 cm³/mol. The number of carboxylic acid groups (broad SMARTS) is 1. The molecule has 2 aromatic rings. The van der Waals surface area contributed by atoms with Gasteiger partial charge in [-0.25, -0.2) is 0 Å². The smallest absolute Gasteiger partial charge is 0.305 e. The molecule has 1 fully saturated rings. The summed E-state index contributed by atoms with van der Waals surface area (Å²) in [6.07, 6.45) is -0.124. The summed E-state index contributed by atoms with van der Waals surface area (Å²) in [4.78, 5) is 26.7. The Bertz CT molecular complexity index is 811. The van der Waals surface area contributed by atoms with Crippen LogP contribution in [0.5, 0.6) is 0 Å². The van der Waals surface area contributed by atoms with Crippen LogP contribution in [0.3, 0.4) is 0 Å². The van der Waals surface area contributed by atoms with E-state index in [0.717, 1.165) is 11.1 Å². The quantitative estimate of drug-likeness (QED) is 0.482. The Labute approximate surface area is 169 Å². The van der Waals surface area contributed by atoms with Crippen LogP contribution in [0.15, 0.2) is 24.3 Å². The Morgan fingerprint density at radius 1 is 1.17 bits per heavy atom. The second kappa shape index (κ2) is 9.99. The van der Waals surface area contributed by atoms with Gasteiger partial charge in [0.1, 0.15) is 0 Å². The highest BCUT2D eigenvalue weighted by Gasteiger charge is 2.20. The zero-order chi connectivity index (χ0) is 20.6. The summed E-state index contributed by atoms with van der Waals surface area (Å²) in [5.74, 6) is 0.137. The molecule has 0 bridgehead atoms. The van der Waals surface area contributed by atoms with Gasteiger partial charge in [0, 0.05) is 19.6 Å². The zero-order valence-electron chi connectivity index (χ0n) is 16.3. The van der Waals surface area contributed by atoms with Crippen LogP contribution >= 0.6 is 0 Å². The van der Waals surface area contributed by atoms with Crippen molar-refractivity contribution in [2.75, 3.05) is 55.0 Å². The lowest BCUT2D eigenvalue weighted by Crippen LogP contribution is -2.37. The summed E-state index contributed by atoms with van der Waals surface area (Å²) in [5.41, 5.74) is 1.92. The molecular weight excluding hydrogens is 376 g/mol. The molecule has 1 aliphatic heterocycles. The molecule has 0 radical (unpaired) electrons. The molecule has 29 heavy (non-hydrogen) atoms. The molecule has 10 nitrogen and oxygen atoms in total. The van der Waals surface area contributed by atoms with Crippen molar-refractivity contribution in [3.8, 4) is 0 Å². The van der Waals surface area contributed by atoms with Gasteiger partial charge in [0.25, 0.3) is 0 Å². The van der Waals surface area contributed by atoms with E-state index in [1.807, 2.05) is 36.1 Å². The summed E-state index contributed by atoms with van der Waals surface area (Å²) >= 11 is 0. The minimum atomic E-state index is -0.927. The average molecular weight is 402 g/mol. The number of nitrogens with zero attached hydrogens (tertiary/aromatic N) is 4. The van der Waals surface area contributed by atoms with E-state index in [9.17, 15) is 9.90 Å². The molecule has 1 atom stereocenters. The average Bonchev–Trinajstić information content (AvgIpc) is 2.72. The Morgan fingerprint density at radius 3 is 2.52 bits per heavy atom. The number of rotatable bonds is 9. The second-order valence-corrected chi connectivity index (χ2v) is 6.74. The molecule has 1 aromatic heterocycles. The maximum atomic E-state index is 11.4. The fourth-order valence-corrected chi connectivity index (χ4v) is 2.96. The van der Waals surface area contributed by atoms with Crippen molar-refractivity contribution in [1.29, 1.82) is 0 Å². The molecule has 0 amide bonds. The molecule has 1 saturated heterocycles.